The molecule has 0 aromatic heterocycles. The maximum absolute atomic E-state index is 12.9. The van der Waals surface area contributed by atoms with Crippen molar-refractivity contribution in [3.8, 4) is 93.2 Å². The number of carbonyl (C=O) groups is 1. The van der Waals surface area contributed by atoms with Crippen LogP contribution in [0.15, 0.2) is 238 Å². The molecule has 10 rings (SSSR count). The number of hydrogen-bond acceptors (Lipinski definition) is 16. The minimum atomic E-state index is -4.39. The van der Waals surface area contributed by atoms with Crippen LogP contribution in [0.2, 0.25) is 0 Å². The Morgan fingerprint density at radius 1 is 0.397 bits per heavy atom. The predicted octanol–water partition coefficient (Wildman–Crippen LogP) is 23.3. The minimum Gasteiger partial charge on any atom is -0.496 e. The lowest BCUT2D eigenvalue weighted by Gasteiger charge is -2.13. The first kappa shape index (κ1) is 103. The van der Waals surface area contributed by atoms with Crippen LogP contribution in [0.3, 0.4) is 0 Å². The van der Waals surface area contributed by atoms with E-state index in [1.807, 2.05) is 100 Å². The van der Waals surface area contributed by atoms with Crippen LogP contribution in [0, 0.1) is 79.4 Å². The van der Waals surface area contributed by atoms with E-state index >= 15 is 0 Å². The molecule has 0 fully saturated rings. The molecule has 0 unspecified atom stereocenters. The van der Waals surface area contributed by atoms with E-state index in [0.29, 0.717) is 36.2 Å². The van der Waals surface area contributed by atoms with E-state index in [1.165, 1.54) is 48.2 Å². The molecule has 0 N–H and O–H groups in total. The zero-order valence-electron chi connectivity index (χ0n) is 65.7. The topological polar surface area (TPSA) is 175 Å². The third kappa shape index (κ3) is 39.6. The fourth-order valence-corrected chi connectivity index (χ4v) is 12.9. The highest BCUT2D eigenvalue weighted by atomic mass is 35.5. The monoisotopic (exact) mass is 1730 g/mol. The summed E-state index contributed by atoms with van der Waals surface area (Å²) in [4.78, 5) is 63.9. The molecule has 0 atom stereocenters. The fourth-order valence-electron chi connectivity index (χ4n) is 10.1. The Balaban J connectivity index is 0.000000421. The van der Waals surface area contributed by atoms with Gasteiger partial charge in [-0.1, -0.05) is 124 Å². The van der Waals surface area contributed by atoms with Crippen LogP contribution in [0.25, 0.3) is 33.7 Å². The van der Waals surface area contributed by atoms with Crippen LogP contribution in [0.5, 0.6) is 34.5 Å². The Bertz CT molecular complexity index is 5380. The smallest absolute Gasteiger partial charge is 0.416 e. The number of hydrogen-bond donors (Lipinski definition) is 0. The first-order chi connectivity index (χ1) is 57.6. The lowest BCUT2D eigenvalue weighted by Crippen LogP contribution is -2.13. The number of aryl methyl sites for hydroxylation is 3. The Morgan fingerprint density at radius 2 is 0.711 bits per heavy atom. The van der Waals surface area contributed by atoms with Gasteiger partial charge >= 0.3 is 37.0 Å². The molecule has 0 amide bonds. The highest BCUT2D eigenvalue weighted by molar-refractivity contribution is 8.00. The van der Waals surface area contributed by atoms with Crippen LogP contribution < -0.4 is 28.4 Å². The zero-order valence-corrected chi connectivity index (χ0v) is 69.0. The second-order valence-electron chi connectivity index (χ2n) is 24.4. The van der Waals surface area contributed by atoms with Crippen molar-refractivity contribution in [2.45, 2.75) is 95.0 Å². The Labute approximate surface area is 715 Å². The summed E-state index contributed by atoms with van der Waals surface area (Å²) in [6.07, 6.45) is -6.27. The van der Waals surface area contributed by atoms with Crippen LogP contribution in [-0.2, 0) is 52.1 Å². The molecule has 10 aromatic carbocycles. The van der Waals surface area contributed by atoms with Crippen LogP contribution >= 0.6 is 46.9 Å². The van der Waals surface area contributed by atoms with Gasteiger partial charge in [0.15, 0.2) is 5.78 Å². The van der Waals surface area contributed by atoms with E-state index in [4.69, 9.17) is 68.8 Å². The lowest BCUT2D eigenvalue weighted by molar-refractivity contribution is -0.193. The van der Waals surface area contributed by atoms with Gasteiger partial charge < -0.3 is 28.4 Å². The van der Waals surface area contributed by atoms with Crippen LogP contribution in [-0.4, -0.2) is 81.6 Å². The van der Waals surface area contributed by atoms with Crippen LogP contribution in [0.4, 0.5) is 39.5 Å². The first-order valence-corrected chi connectivity index (χ1v) is 39.2. The molecule has 628 valence electrons. The van der Waals surface area contributed by atoms with Crippen molar-refractivity contribution in [3.05, 3.63) is 268 Å². The summed E-state index contributed by atoms with van der Waals surface area (Å²) in [6.45, 7) is 13.5. The van der Waals surface area contributed by atoms with Crippen molar-refractivity contribution in [2.75, 3.05) is 57.4 Å². The largest absolute Gasteiger partial charge is 0.496 e. The molecule has 0 heterocycles. The Morgan fingerprint density at radius 3 is 1.03 bits per heavy atom. The number of halogens is 10. The molecule has 0 saturated heterocycles. The van der Waals surface area contributed by atoms with Gasteiger partial charge in [0.2, 0.25) is 0 Å². The number of carbonyl (C=O) groups excluding carboxylic acids is 7. The number of thioether (sulfide) groups is 3. The van der Waals surface area contributed by atoms with Gasteiger partial charge in [0.25, 0.3) is 0 Å². The van der Waals surface area contributed by atoms with E-state index in [2.05, 4.69) is 144 Å². The summed E-state index contributed by atoms with van der Waals surface area (Å²) in [5, 5.41) is 6.65. The van der Waals surface area contributed by atoms with Crippen molar-refractivity contribution < 1.29 is 101 Å². The fraction of sp³-hybridized carbons (Fsp3) is 0.221. The minimum absolute atomic E-state index is 0. The SMILES string of the molecule is C.CC#CC#CC#CC#CC#CCl.CCCOc1ccc(SCC(=Cc2cccc3ccccc23)COc2ccc(C(F)(F)F)cc2)cc1C.CCCOc1ccc(SCC(=O)COc2ccc(C(F)(F)F)cc2)cc1C.COc1ccc(SCC(=Cc2cccc3ccccc23)COc2ccc(C(F)(F)F)cc2)cc1C.O=C=O.O=C=O.O=C=O. The third-order valence-corrected chi connectivity index (χ3v) is 19.0. The Hall–Kier alpha value is -12.7. The van der Waals surface area contributed by atoms with Gasteiger partial charge in [0, 0.05) is 55.3 Å². The highest BCUT2D eigenvalue weighted by Gasteiger charge is 2.32. The number of alkyl halides is 9. The Kier molecular flexibility index (Phi) is 48.0. The zero-order chi connectivity index (χ0) is 88.1. The summed E-state index contributed by atoms with van der Waals surface area (Å²) in [7, 11) is 1.65. The number of methoxy groups -OCH3 is 1. The molecule has 0 spiro atoms. The molecule has 10 aromatic rings. The molecule has 0 aliphatic rings. The van der Waals surface area contributed by atoms with Crippen LogP contribution in [0.1, 0.15) is 85.5 Å². The number of benzene rings is 10. The van der Waals surface area contributed by atoms with Crippen molar-refractivity contribution in [3.63, 3.8) is 0 Å². The summed E-state index contributed by atoms with van der Waals surface area (Å²) in [5.41, 5.74) is 5.18. The second kappa shape index (κ2) is 56.7. The molecule has 121 heavy (non-hydrogen) atoms. The van der Waals surface area contributed by atoms with Crippen molar-refractivity contribution in [1.29, 1.82) is 0 Å². The number of rotatable bonds is 27. The quantitative estimate of drug-likeness (QED) is 0.0270. The molecule has 0 aliphatic carbocycles. The summed E-state index contributed by atoms with van der Waals surface area (Å²) < 4.78 is 149. The van der Waals surface area contributed by atoms with Gasteiger partial charge in [-0.3, -0.25) is 4.79 Å². The number of ether oxygens (including phenoxy) is 6. The molecule has 0 radical (unpaired) electrons. The van der Waals surface area contributed by atoms with Gasteiger partial charge in [-0.05, 0) is 264 Å². The van der Waals surface area contributed by atoms with Gasteiger partial charge in [0.05, 0.1) is 42.8 Å². The van der Waals surface area contributed by atoms with Gasteiger partial charge in [0.1, 0.15) is 54.3 Å². The molecule has 0 aliphatic heterocycles. The average Bonchev–Trinajstić information content (AvgIpc) is 0.823. The van der Waals surface area contributed by atoms with Gasteiger partial charge in [-0.2, -0.15) is 68.3 Å². The third-order valence-electron chi connectivity index (χ3n) is 15.6. The molecule has 13 nitrogen and oxygen atoms in total. The van der Waals surface area contributed by atoms with E-state index in [9.17, 15) is 44.3 Å². The van der Waals surface area contributed by atoms with Crippen molar-refractivity contribution in [2.24, 2.45) is 0 Å². The first-order valence-electron chi connectivity index (χ1n) is 35.9. The van der Waals surface area contributed by atoms with E-state index in [1.54, 1.807) is 37.6 Å². The van der Waals surface area contributed by atoms with E-state index in [-0.39, 0.29) is 63.0 Å². The molecule has 26 heteroatoms. The van der Waals surface area contributed by atoms with E-state index < -0.39 is 35.2 Å². The van der Waals surface area contributed by atoms with Crippen molar-refractivity contribution >= 4 is 105 Å². The molecule has 0 saturated carbocycles. The maximum Gasteiger partial charge on any atom is 0.416 e. The maximum atomic E-state index is 12.9. The summed E-state index contributed by atoms with van der Waals surface area (Å²) in [6, 6.07) is 60.5. The standard InChI is InChI=1S/C31H29F3O2S.C29H25F3O2S.C20H21F3O3S.C11H3Cl.3CO2.CH4/c1-3-17-35-30-16-15-28(18-22(30)2)37-21-23(19-25-9-6-8-24-7-4-5-10-29(24)25)20-36-27-13-11-26(12-14-27)31(32,33)34;1-20-16-26(14-15-28(20)33-2)35-19-21(17-23-8-5-7-22-6-3-4-9-27(22)23)18-34-25-12-10-24(11-13-25)29(30,31)32;1-3-10-25-19-9-8-18(11-14(19)2)27-13-16(24)12-26-17-6-4-15(5-7-17)20(21,22)23;1-2-3-4-5-6-7-8-9-10-11-12;3*2-1-3;/h4-16,18-19H,3,17,20-21H2,1-2H3;3-17H,18-19H2,1-2H3;4-9,11H,3,10,12-13H2,1-2H3;1H3;;;;1H4. The normalized spacial score (nSPS) is 10.3. The predicted molar refractivity (Wildman–Crippen MR) is 456 cm³/mol. The molecule has 0 bridgehead atoms. The van der Waals surface area contributed by atoms with Gasteiger partial charge in [-0.15, -0.1) is 35.3 Å². The van der Waals surface area contributed by atoms with E-state index in [0.717, 1.165) is 142 Å². The number of fused-ring (bicyclic) bond motifs is 2. The van der Waals surface area contributed by atoms with Crippen molar-refractivity contribution in [1.82, 2.24) is 0 Å². The summed E-state index contributed by atoms with van der Waals surface area (Å²) >= 11 is 9.77. The number of ketones is 1. The van der Waals surface area contributed by atoms with Gasteiger partial charge in [-0.25, -0.2) is 0 Å². The lowest BCUT2D eigenvalue weighted by atomic mass is 10.0. The molecular weight excluding hydrogens is 1650 g/mol. The number of Topliss-reactive ketones (excluding diaryl/α,β-unsaturated/α-hetero) is 1. The summed E-state index contributed by atoms with van der Waals surface area (Å²) in [5.74, 6) is 27.3. The molecular formula is C95H82ClF9O13S3. The second-order valence-corrected chi connectivity index (χ2v) is 27.7. The average molecular weight is 1730 g/mol. The highest BCUT2D eigenvalue weighted by Crippen LogP contribution is 2.36.